The normalized spacial score (nSPS) is 10.3. The number of H-pyrrole nitrogens is 1. The molecule has 0 aliphatic rings. The number of carbonyl (C=O) groups excluding carboxylic acids is 2. The maximum atomic E-state index is 12.0. The van der Waals surface area contributed by atoms with Gasteiger partial charge in [0.2, 0.25) is 5.91 Å². The fourth-order valence-corrected chi connectivity index (χ4v) is 2.13. The fraction of sp³-hybridized carbons (Fsp3) is 0.267. The Hall–Kier alpha value is -2.34. The van der Waals surface area contributed by atoms with Crippen molar-refractivity contribution in [1.82, 2.24) is 20.8 Å². The molecule has 1 heterocycles. The van der Waals surface area contributed by atoms with Crippen LogP contribution in [0.3, 0.4) is 0 Å². The molecule has 2 amide bonds. The molecule has 0 saturated carbocycles. The highest BCUT2D eigenvalue weighted by Crippen LogP contribution is 2.26. The second kappa shape index (κ2) is 7.61. The van der Waals surface area contributed by atoms with Gasteiger partial charge >= 0.3 is 0 Å². The van der Waals surface area contributed by atoms with Gasteiger partial charge < -0.3 is 10.6 Å². The molecule has 1 aromatic carbocycles. The molecule has 0 radical (unpaired) electrons. The lowest BCUT2D eigenvalue weighted by atomic mass is 10.1. The Kier molecular flexibility index (Phi) is 5.55. The Morgan fingerprint density at radius 3 is 2.68 bits per heavy atom. The van der Waals surface area contributed by atoms with E-state index in [0.29, 0.717) is 35.9 Å². The van der Waals surface area contributed by atoms with Crippen molar-refractivity contribution in [2.75, 3.05) is 13.1 Å². The molecular formula is C15H17ClN4O2. The quantitative estimate of drug-likeness (QED) is 0.711. The molecule has 0 aliphatic heterocycles. The number of amides is 2. The molecule has 6 nitrogen and oxygen atoms in total. The largest absolute Gasteiger partial charge is 0.356 e. The van der Waals surface area contributed by atoms with E-state index in [2.05, 4.69) is 20.8 Å². The molecule has 116 valence electrons. The summed E-state index contributed by atoms with van der Waals surface area (Å²) in [5.74, 6) is -0.321. The predicted molar refractivity (Wildman–Crippen MR) is 84.7 cm³/mol. The van der Waals surface area contributed by atoms with Crippen molar-refractivity contribution in [3.8, 4) is 11.3 Å². The van der Waals surface area contributed by atoms with Crippen LogP contribution in [-0.4, -0.2) is 35.1 Å². The van der Waals surface area contributed by atoms with E-state index in [0.717, 1.165) is 5.56 Å². The van der Waals surface area contributed by atoms with E-state index >= 15 is 0 Å². The molecular weight excluding hydrogens is 304 g/mol. The first-order valence-corrected chi connectivity index (χ1v) is 7.28. The van der Waals surface area contributed by atoms with Crippen LogP contribution in [0.2, 0.25) is 5.02 Å². The minimum absolute atomic E-state index is 0.0794. The summed E-state index contributed by atoms with van der Waals surface area (Å²) in [6.45, 7) is 2.46. The molecule has 0 atom stereocenters. The van der Waals surface area contributed by atoms with Crippen molar-refractivity contribution in [2.45, 2.75) is 13.3 Å². The lowest BCUT2D eigenvalue weighted by Gasteiger charge is -2.03. The van der Waals surface area contributed by atoms with Gasteiger partial charge in [-0.2, -0.15) is 5.10 Å². The Balaban J connectivity index is 1.90. The molecule has 0 saturated heterocycles. The number of hydrogen-bond donors (Lipinski definition) is 3. The van der Waals surface area contributed by atoms with Crippen molar-refractivity contribution >= 4 is 23.4 Å². The van der Waals surface area contributed by atoms with E-state index in [1.54, 1.807) is 12.1 Å². The second-order valence-electron chi connectivity index (χ2n) is 4.74. The standard InChI is InChI=1S/C15H17ClN4O2/c1-10(21)17-7-4-8-18-15(22)14-9-13(19-20-14)11-5-2-3-6-12(11)16/h2-3,5-6,9H,4,7-8H2,1H3,(H,17,21)(H,18,22)(H,19,20). The van der Waals surface area contributed by atoms with Crippen LogP contribution in [0.5, 0.6) is 0 Å². The summed E-state index contributed by atoms with van der Waals surface area (Å²) >= 11 is 6.10. The number of benzene rings is 1. The van der Waals surface area contributed by atoms with E-state index in [1.165, 1.54) is 6.92 Å². The number of aromatic amines is 1. The fourth-order valence-electron chi connectivity index (χ4n) is 1.89. The number of aromatic nitrogens is 2. The van der Waals surface area contributed by atoms with E-state index < -0.39 is 0 Å². The van der Waals surface area contributed by atoms with Gasteiger partial charge in [0.1, 0.15) is 5.69 Å². The number of halogens is 1. The first-order valence-electron chi connectivity index (χ1n) is 6.91. The smallest absolute Gasteiger partial charge is 0.269 e. The third kappa shape index (κ3) is 4.33. The SMILES string of the molecule is CC(=O)NCCCNC(=O)c1cc(-c2ccccc2Cl)n[nH]1. The molecule has 0 spiro atoms. The van der Waals surface area contributed by atoms with Crippen LogP contribution in [0.4, 0.5) is 0 Å². The Bertz CT molecular complexity index is 669. The van der Waals surface area contributed by atoms with E-state index in [1.807, 2.05) is 18.2 Å². The van der Waals surface area contributed by atoms with E-state index in [-0.39, 0.29) is 11.8 Å². The summed E-state index contributed by atoms with van der Waals surface area (Å²) in [7, 11) is 0. The number of nitrogens with one attached hydrogen (secondary N) is 3. The zero-order valence-corrected chi connectivity index (χ0v) is 12.9. The lowest BCUT2D eigenvalue weighted by Crippen LogP contribution is -2.28. The molecule has 3 N–H and O–H groups in total. The van der Waals surface area contributed by atoms with Crippen molar-refractivity contribution in [2.24, 2.45) is 0 Å². The number of carbonyl (C=O) groups is 2. The van der Waals surface area contributed by atoms with Gasteiger partial charge in [-0.3, -0.25) is 14.7 Å². The van der Waals surface area contributed by atoms with Gasteiger partial charge in [0.25, 0.3) is 5.91 Å². The minimum atomic E-state index is -0.242. The minimum Gasteiger partial charge on any atom is -0.356 e. The maximum absolute atomic E-state index is 12.0. The zero-order valence-electron chi connectivity index (χ0n) is 12.1. The van der Waals surface area contributed by atoms with Crippen molar-refractivity contribution in [3.63, 3.8) is 0 Å². The average Bonchev–Trinajstić information content (AvgIpc) is 2.96. The zero-order chi connectivity index (χ0) is 15.9. The lowest BCUT2D eigenvalue weighted by molar-refractivity contribution is -0.118. The number of rotatable bonds is 6. The van der Waals surface area contributed by atoms with Crippen molar-refractivity contribution < 1.29 is 9.59 Å². The molecule has 7 heteroatoms. The summed E-state index contributed by atoms with van der Waals surface area (Å²) in [6.07, 6.45) is 0.664. The van der Waals surface area contributed by atoms with E-state index in [9.17, 15) is 9.59 Å². The van der Waals surface area contributed by atoms with E-state index in [4.69, 9.17) is 11.6 Å². The van der Waals surface area contributed by atoms with Gasteiger partial charge in [0, 0.05) is 25.6 Å². The maximum Gasteiger partial charge on any atom is 0.269 e. The molecule has 0 bridgehead atoms. The highest BCUT2D eigenvalue weighted by atomic mass is 35.5. The van der Waals surface area contributed by atoms with Crippen LogP contribution in [0.1, 0.15) is 23.8 Å². The highest BCUT2D eigenvalue weighted by molar-refractivity contribution is 6.33. The molecule has 0 aliphatic carbocycles. The van der Waals surface area contributed by atoms with Crippen LogP contribution in [0.15, 0.2) is 30.3 Å². The number of nitrogens with zero attached hydrogens (tertiary/aromatic N) is 1. The third-order valence-corrected chi connectivity index (χ3v) is 3.31. The molecule has 1 aromatic heterocycles. The van der Waals surface area contributed by atoms with Crippen LogP contribution < -0.4 is 10.6 Å². The summed E-state index contributed by atoms with van der Waals surface area (Å²) in [6, 6.07) is 8.96. The van der Waals surface area contributed by atoms with Gasteiger partial charge in [-0.15, -0.1) is 0 Å². The Labute approximate surface area is 133 Å². The van der Waals surface area contributed by atoms with Crippen molar-refractivity contribution in [3.05, 3.63) is 41.0 Å². The molecule has 22 heavy (non-hydrogen) atoms. The van der Waals surface area contributed by atoms with Crippen LogP contribution >= 0.6 is 11.6 Å². The van der Waals surface area contributed by atoms with Gasteiger partial charge in [0.05, 0.1) is 10.7 Å². The first kappa shape index (κ1) is 16.0. The van der Waals surface area contributed by atoms with Gasteiger partial charge in [-0.1, -0.05) is 29.8 Å². The first-order chi connectivity index (χ1) is 10.6. The molecule has 0 unspecified atom stereocenters. The summed E-state index contributed by atoms with van der Waals surface area (Å²) in [4.78, 5) is 22.7. The van der Waals surface area contributed by atoms with Crippen LogP contribution in [0.25, 0.3) is 11.3 Å². The molecule has 2 aromatic rings. The Morgan fingerprint density at radius 2 is 1.95 bits per heavy atom. The number of hydrogen-bond acceptors (Lipinski definition) is 3. The molecule has 0 fully saturated rings. The highest BCUT2D eigenvalue weighted by Gasteiger charge is 2.12. The summed E-state index contributed by atoms with van der Waals surface area (Å²) in [5, 5.41) is 12.8. The van der Waals surface area contributed by atoms with Gasteiger partial charge in [-0.25, -0.2) is 0 Å². The summed E-state index contributed by atoms with van der Waals surface area (Å²) < 4.78 is 0. The van der Waals surface area contributed by atoms with Gasteiger partial charge in [-0.05, 0) is 18.6 Å². The predicted octanol–water partition coefficient (Wildman–Crippen LogP) is 1.99. The van der Waals surface area contributed by atoms with Crippen LogP contribution in [0, 0.1) is 0 Å². The van der Waals surface area contributed by atoms with Crippen molar-refractivity contribution in [1.29, 1.82) is 0 Å². The third-order valence-electron chi connectivity index (χ3n) is 2.99. The Morgan fingerprint density at radius 1 is 1.23 bits per heavy atom. The second-order valence-corrected chi connectivity index (χ2v) is 5.15. The van der Waals surface area contributed by atoms with Crippen LogP contribution in [-0.2, 0) is 4.79 Å². The molecule has 2 rings (SSSR count). The average molecular weight is 321 g/mol. The van der Waals surface area contributed by atoms with Gasteiger partial charge in [0.15, 0.2) is 0 Å². The summed E-state index contributed by atoms with van der Waals surface area (Å²) in [5.41, 5.74) is 1.76. The topological polar surface area (TPSA) is 86.9 Å². The monoisotopic (exact) mass is 320 g/mol.